The molecule has 0 aliphatic heterocycles. The summed E-state index contributed by atoms with van der Waals surface area (Å²) in [4.78, 5) is 11.3. The van der Waals surface area contributed by atoms with Crippen LogP contribution in [0.15, 0.2) is 30.3 Å². The summed E-state index contributed by atoms with van der Waals surface area (Å²) < 4.78 is 0. The smallest absolute Gasteiger partial charge is 0.326 e. The molecule has 5 nitrogen and oxygen atoms in total. The summed E-state index contributed by atoms with van der Waals surface area (Å²) in [6.07, 6.45) is 0.409. The van der Waals surface area contributed by atoms with Gasteiger partial charge in [-0.05, 0) is 5.56 Å². The van der Waals surface area contributed by atoms with E-state index in [4.69, 9.17) is 0 Å². The zero-order valence-electron chi connectivity index (χ0n) is 11.4. The number of carboxylic acid groups (broad SMARTS) is 1. The van der Waals surface area contributed by atoms with E-state index in [9.17, 15) is 9.90 Å². The number of hydrogen-bond donors (Lipinski definition) is 2. The van der Waals surface area contributed by atoms with Crippen LogP contribution in [-0.2, 0) is 11.2 Å². The van der Waals surface area contributed by atoms with E-state index < -0.39 is 12.0 Å². The Morgan fingerprint density at radius 1 is 1.30 bits per heavy atom. The van der Waals surface area contributed by atoms with Crippen molar-refractivity contribution in [3.8, 4) is 0 Å². The molecule has 0 spiro atoms. The van der Waals surface area contributed by atoms with Crippen LogP contribution in [0.5, 0.6) is 0 Å². The lowest BCUT2D eigenvalue weighted by Gasteiger charge is -2.13. The van der Waals surface area contributed by atoms with Crippen molar-refractivity contribution in [2.75, 3.05) is 5.32 Å². The van der Waals surface area contributed by atoms with Crippen molar-refractivity contribution in [2.45, 2.75) is 32.2 Å². The van der Waals surface area contributed by atoms with Gasteiger partial charge in [0.15, 0.2) is 0 Å². The molecule has 0 radical (unpaired) electrons. The molecule has 0 amide bonds. The number of nitrogens with zero attached hydrogens (tertiary/aromatic N) is 2. The summed E-state index contributed by atoms with van der Waals surface area (Å²) in [5.41, 5.74) is 0.973. The summed E-state index contributed by atoms with van der Waals surface area (Å²) in [6.45, 7) is 4.06. The fourth-order valence-electron chi connectivity index (χ4n) is 1.73. The fourth-order valence-corrected chi connectivity index (χ4v) is 2.52. The van der Waals surface area contributed by atoms with E-state index in [0.717, 1.165) is 10.6 Å². The van der Waals surface area contributed by atoms with Crippen LogP contribution in [0.4, 0.5) is 5.13 Å². The van der Waals surface area contributed by atoms with Crippen LogP contribution < -0.4 is 5.32 Å². The fraction of sp³-hybridized carbons (Fsp3) is 0.357. The summed E-state index contributed by atoms with van der Waals surface area (Å²) in [6, 6.07) is 8.83. The van der Waals surface area contributed by atoms with E-state index in [1.807, 2.05) is 44.2 Å². The number of nitrogens with one attached hydrogen (secondary N) is 1. The van der Waals surface area contributed by atoms with Gasteiger partial charge >= 0.3 is 5.97 Å². The number of hydrogen-bond acceptors (Lipinski definition) is 5. The molecule has 0 saturated heterocycles. The summed E-state index contributed by atoms with van der Waals surface area (Å²) in [7, 11) is 0. The molecule has 0 saturated carbocycles. The quantitative estimate of drug-likeness (QED) is 0.856. The second-order valence-electron chi connectivity index (χ2n) is 4.83. The van der Waals surface area contributed by atoms with Gasteiger partial charge in [-0.1, -0.05) is 55.5 Å². The zero-order chi connectivity index (χ0) is 14.5. The Hall–Kier alpha value is -1.95. The van der Waals surface area contributed by atoms with Crippen molar-refractivity contribution < 1.29 is 9.90 Å². The van der Waals surface area contributed by atoms with Crippen molar-refractivity contribution in [1.29, 1.82) is 0 Å². The van der Waals surface area contributed by atoms with Crippen molar-refractivity contribution in [3.63, 3.8) is 0 Å². The topological polar surface area (TPSA) is 75.1 Å². The molecule has 0 fully saturated rings. The van der Waals surface area contributed by atoms with E-state index >= 15 is 0 Å². The first-order valence-corrected chi connectivity index (χ1v) is 7.24. The van der Waals surface area contributed by atoms with Gasteiger partial charge in [-0.15, -0.1) is 10.2 Å². The monoisotopic (exact) mass is 291 g/mol. The molecule has 20 heavy (non-hydrogen) atoms. The van der Waals surface area contributed by atoms with Gasteiger partial charge in [0.05, 0.1) is 0 Å². The standard InChI is InChI=1S/C14H17N3O2S/c1-9(2)12-16-17-14(20-12)15-11(13(18)19)8-10-6-4-3-5-7-10/h3-7,9,11H,8H2,1-2H3,(H,15,17)(H,18,19)/t11-/m1/s1. The Balaban J connectivity index is 2.07. The molecular formula is C14H17N3O2S. The average Bonchev–Trinajstić information content (AvgIpc) is 2.88. The van der Waals surface area contributed by atoms with Crippen LogP contribution in [-0.4, -0.2) is 27.3 Å². The average molecular weight is 291 g/mol. The largest absolute Gasteiger partial charge is 0.480 e. The molecule has 2 rings (SSSR count). The molecule has 1 aromatic carbocycles. The minimum absolute atomic E-state index is 0.292. The van der Waals surface area contributed by atoms with Gasteiger partial charge in [0.25, 0.3) is 0 Å². The molecule has 0 unspecified atom stereocenters. The first kappa shape index (κ1) is 14.5. The third kappa shape index (κ3) is 3.77. The first-order valence-electron chi connectivity index (χ1n) is 6.43. The van der Waals surface area contributed by atoms with Crippen molar-refractivity contribution in [2.24, 2.45) is 0 Å². The van der Waals surface area contributed by atoms with E-state index in [1.54, 1.807) is 0 Å². The minimum atomic E-state index is -0.893. The predicted molar refractivity (Wildman–Crippen MR) is 79.2 cm³/mol. The van der Waals surface area contributed by atoms with Gasteiger partial charge < -0.3 is 10.4 Å². The highest BCUT2D eigenvalue weighted by Crippen LogP contribution is 2.23. The van der Waals surface area contributed by atoms with Gasteiger partial charge in [0.1, 0.15) is 11.0 Å². The zero-order valence-corrected chi connectivity index (χ0v) is 12.2. The van der Waals surface area contributed by atoms with E-state index in [0.29, 0.717) is 17.5 Å². The highest BCUT2D eigenvalue weighted by atomic mass is 32.1. The van der Waals surface area contributed by atoms with Gasteiger partial charge in [-0.25, -0.2) is 4.79 Å². The second-order valence-corrected chi connectivity index (χ2v) is 5.83. The van der Waals surface area contributed by atoms with Crippen molar-refractivity contribution in [3.05, 3.63) is 40.9 Å². The van der Waals surface area contributed by atoms with Crippen LogP contribution in [0.1, 0.15) is 30.3 Å². The molecule has 6 heteroatoms. The Morgan fingerprint density at radius 2 is 2.00 bits per heavy atom. The number of aromatic nitrogens is 2. The first-order chi connectivity index (χ1) is 9.56. The Kier molecular flexibility index (Phi) is 4.68. The summed E-state index contributed by atoms with van der Waals surface area (Å²) in [5.74, 6) is -0.601. The molecule has 1 aromatic heterocycles. The Morgan fingerprint density at radius 3 is 2.55 bits per heavy atom. The minimum Gasteiger partial charge on any atom is -0.480 e. The molecule has 0 aliphatic carbocycles. The number of benzene rings is 1. The maximum absolute atomic E-state index is 11.3. The van der Waals surface area contributed by atoms with Crippen LogP contribution in [0.25, 0.3) is 0 Å². The molecule has 1 heterocycles. The lowest BCUT2D eigenvalue weighted by atomic mass is 10.1. The Labute approximate surface area is 121 Å². The lowest BCUT2D eigenvalue weighted by molar-refractivity contribution is -0.137. The molecular weight excluding hydrogens is 274 g/mol. The van der Waals surface area contributed by atoms with Crippen LogP contribution >= 0.6 is 11.3 Å². The van der Waals surface area contributed by atoms with Gasteiger partial charge in [0.2, 0.25) is 5.13 Å². The number of aliphatic carboxylic acids is 1. The van der Waals surface area contributed by atoms with Gasteiger partial charge in [0, 0.05) is 12.3 Å². The van der Waals surface area contributed by atoms with Crippen LogP contribution in [0.2, 0.25) is 0 Å². The summed E-state index contributed by atoms with van der Waals surface area (Å²) >= 11 is 1.40. The van der Waals surface area contributed by atoms with Crippen LogP contribution in [0.3, 0.4) is 0 Å². The SMILES string of the molecule is CC(C)c1nnc(N[C@H](Cc2ccccc2)C(=O)O)s1. The number of rotatable bonds is 6. The highest BCUT2D eigenvalue weighted by molar-refractivity contribution is 7.15. The lowest BCUT2D eigenvalue weighted by Crippen LogP contribution is -2.31. The maximum atomic E-state index is 11.3. The maximum Gasteiger partial charge on any atom is 0.326 e. The van der Waals surface area contributed by atoms with E-state index in [-0.39, 0.29) is 0 Å². The normalized spacial score (nSPS) is 12.3. The molecule has 0 aliphatic rings. The van der Waals surface area contributed by atoms with Crippen molar-refractivity contribution >= 4 is 22.4 Å². The van der Waals surface area contributed by atoms with Gasteiger partial charge in [-0.3, -0.25) is 0 Å². The molecule has 0 bridgehead atoms. The van der Waals surface area contributed by atoms with E-state index in [2.05, 4.69) is 15.5 Å². The van der Waals surface area contributed by atoms with Crippen LogP contribution in [0, 0.1) is 0 Å². The number of carboxylic acids is 1. The number of anilines is 1. The second kappa shape index (κ2) is 6.47. The highest BCUT2D eigenvalue weighted by Gasteiger charge is 2.20. The Bertz CT molecular complexity index is 569. The predicted octanol–water partition coefficient (Wildman–Crippen LogP) is 2.77. The van der Waals surface area contributed by atoms with Gasteiger partial charge in [-0.2, -0.15) is 0 Å². The third-order valence-electron chi connectivity index (χ3n) is 2.81. The molecule has 1 atom stereocenters. The number of carbonyl (C=O) groups is 1. The van der Waals surface area contributed by atoms with Crippen molar-refractivity contribution in [1.82, 2.24) is 10.2 Å². The molecule has 2 N–H and O–H groups in total. The summed E-state index contributed by atoms with van der Waals surface area (Å²) in [5, 5.41) is 21.7. The molecule has 106 valence electrons. The third-order valence-corrected chi connectivity index (χ3v) is 3.97. The molecule has 2 aromatic rings. The van der Waals surface area contributed by atoms with E-state index in [1.165, 1.54) is 11.3 Å².